The maximum atomic E-state index is 12.2. The molecular formula is C16H22N2O3. The molecule has 1 aromatic rings. The van der Waals surface area contributed by atoms with Crippen LogP contribution in [0.1, 0.15) is 24.5 Å². The van der Waals surface area contributed by atoms with E-state index in [2.05, 4.69) is 5.32 Å². The molecule has 0 aliphatic carbocycles. The van der Waals surface area contributed by atoms with E-state index >= 15 is 0 Å². The second-order valence-corrected chi connectivity index (χ2v) is 5.39. The molecule has 114 valence electrons. The number of rotatable bonds is 5. The van der Waals surface area contributed by atoms with Crippen LogP contribution in [-0.4, -0.2) is 44.0 Å². The summed E-state index contributed by atoms with van der Waals surface area (Å²) < 4.78 is 5.42. The number of benzene rings is 1. The molecule has 2 rings (SSSR count). The third kappa shape index (κ3) is 4.04. The Hall–Kier alpha value is -1.88. The number of ether oxygens (including phenoxy) is 1. The molecule has 0 aromatic heterocycles. The first-order chi connectivity index (χ1) is 10.1. The highest BCUT2D eigenvalue weighted by molar-refractivity contribution is 5.86. The average molecular weight is 290 g/mol. The van der Waals surface area contributed by atoms with Gasteiger partial charge in [0.1, 0.15) is 0 Å². The quantitative estimate of drug-likeness (QED) is 0.891. The summed E-state index contributed by atoms with van der Waals surface area (Å²) in [6, 6.07) is 9.77. The molecule has 0 spiro atoms. The first-order valence-corrected chi connectivity index (χ1v) is 7.21. The number of methoxy groups -OCH3 is 1. The van der Waals surface area contributed by atoms with E-state index in [0.29, 0.717) is 19.5 Å². The monoisotopic (exact) mass is 290 g/mol. The Morgan fingerprint density at radius 2 is 2.14 bits per heavy atom. The largest absolute Gasteiger partial charge is 0.375 e. The molecule has 1 heterocycles. The van der Waals surface area contributed by atoms with Crippen LogP contribution in [0.4, 0.5) is 0 Å². The number of nitrogens with one attached hydrogen (secondary N) is 1. The zero-order valence-corrected chi connectivity index (χ0v) is 12.5. The summed E-state index contributed by atoms with van der Waals surface area (Å²) in [7, 11) is 3.40. The van der Waals surface area contributed by atoms with Gasteiger partial charge in [-0.2, -0.15) is 0 Å². The van der Waals surface area contributed by atoms with Gasteiger partial charge in [-0.15, -0.1) is 0 Å². The number of piperidine rings is 1. The van der Waals surface area contributed by atoms with Crippen molar-refractivity contribution in [3.05, 3.63) is 35.9 Å². The summed E-state index contributed by atoms with van der Waals surface area (Å²) in [5, 5.41) is 2.90. The SMILES string of the molecule is CO[C@@H](CNC(=O)[C@H]1CCN(C)C(=O)C1)c1ccccc1. The predicted molar refractivity (Wildman–Crippen MR) is 79.6 cm³/mol. The van der Waals surface area contributed by atoms with Crippen molar-refractivity contribution in [2.45, 2.75) is 18.9 Å². The van der Waals surface area contributed by atoms with E-state index in [0.717, 1.165) is 12.0 Å². The molecule has 5 heteroatoms. The Kier molecular flexibility index (Phi) is 5.33. The molecule has 1 aliphatic heterocycles. The van der Waals surface area contributed by atoms with Crippen LogP contribution < -0.4 is 5.32 Å². The number of hydrogen-bond acceptors (Lipinski definition) is 3. The van der Waals surface area contributed by atoms with Crippen LogP contribution in [0, 0.1) is 5.92 Å². The van der Waals surface area contributed by atoms with Gasteiger partial charge in [-0.1, -0.05) is 30.3 Å². The van der Waals surface area contributed by atoms with E-state index in [1.807, 2.05) is 30.3 Å². The van der Waals surface area contributed by atoms with Gasteiger partial charge in [0.25, 0.3) is 0 Å². The molecule has 0 radical (unpaired) electrons. The summed E-state index contributed by atoms with van der Waals surface area (Å²) >= 11 is 0. The second-order valence-electron chi connectivity index (χ2n) is 5.39. The van der Waals surface area contributed by atoms with E-state index in [-0.39, 0.29) is 23.8 Å². The topological polar surface area (TPSA) is 58.6 Å². The van der Waals surface area contributed by atoms with E-state index in [1.54, 1.807) is 19.1 Å². The number of amides is 2. The van der Waals surface area contributed by atoms with Crippen molar-refractivity contribution in [3.63, 3.8) is 0 Å². The van der Waals surface area contributed by atoms with Gasteiger partial charge in [0.15, 0.2) is 0 Å². The van der Waals surface area contributed by atoms with Crippen LogP contribution in [0.5, 0.6) is 0 Å². The van der Waals surface area contributed by atoms with Gasteiger partial charge in [-0.05, 0) is 12.0 Å². The molecule has 5 nitrogen and oxygen atoms in total. The van der Waals surface area contributed by atoms with Crippen molar-refractivity contribution in [3.8, 4) is 0 Å². The number of carbonyl (C=O) groups excluding carboxylic acids is 2. The Bertz CT molecular complexity index is 490. The molecule has 1 aromatic carbocycles. The highest BCUT2D eigenvalue weighted by atomic mass is 16.5. The van der Waals surface area contributed by atoms with Gasteiger partial charge in [-0.3, -0.25) is 9.59 Å². The lowest BCUT2D eigenvalue weighted by Gasteiger charge is -2.28. The van der Waals surface area contributed by atoms with Crippen LogP contribution in [-0.2, 0) is 14.3 Å². The molecule has 2 amide bonds. The minimum absolute atomic E-state index is 0.0350. The van der Waals surface area contributed by atoms with Crippen molar-refractivity contribution in [1.29, 1.82) is 0 Å². The Morgan fingerprint density at radius 3 is 2.76 bits per heavy atom. The van der Waals surface area contributed by atoms with Gasteiger partial charge in [0, 0.05) is 39.6 Å². The Morgan fingerprint density at radius 1 is 1.43 bits per heavy atom. The van der Waals surface area contributed by atoms with E-state index in [1.165, 1.54) is 0 Å². The van der Waals surface area contributed by atoms with Crippen LogP contribution in [0.15, 0.2) is 30.3 Å². The maximum absolute atomic E-state index is 12.2. The highest BCUT2D eigenvalue weighted by Crippen LogP contribution is 2.19. The molecule has 2 atom stereocenters. The molecule has 0 saturated carbocycles. The maximum Gasteiger partial charge on any atom is 0.223 e. The second kappa shape index (κ2) is 7.22. The fourth-order valence-corrected chi connectivity index (χ4v) is 2.51. The minimum Gasteiger partial charge on any atom is -0.375 e. The van der Waals surface area contributed by atoms with Crippen LogP contribution in [0.3, 0.4) is 0 Å². The molecule has 21 heavy (non-hydrogen) atoms. The van der Waals surface area contributed by atoms with Crippen molar-refractivity contribution in [2.75, 3.05) is 27.2 Å². The summed E-state index contributed by atoms with van der Waals surface area (Å²) in [6.07, 6.45) is 0.847. The zero-order valence-electron chi connectivity index (χ0n) is 12.5. The molecule has 1 N–H and O–H groups in total. The molecule has 0 unspecified atom stereocenters. The summed E-state index contributed by atoms with van der Waals surface area (Å²) in [5.41, 5.74) is 1.03. The summed E-state index contributed by atoms with van der Waals surface area (Å²) in [5.74, 6) is -0.246. The third-order valence-electron chi connectivity index (χ3n) is 3.95. The highest BCUT2D eigenvalue weighted by Gasteiger charge is 2.28. The van der Waals surface area contributed by atoms with E-state index in [9.17, 15) is 9.59 Å². The van der Waals surface area contributed by atoms with Crippen molar-refractivity contribution < 1.29 is 14.3 Å². The van der Waals surface area contributed by atoms with Gasteiger partial charge in [0.05, 0.1) is 6.10 Å². The number of carbonyl (C=O) groups is 2. The van der Waals surface area contributed by atoms with Gasteiger partial charge < -0.3 is 15.0 Å². The Labute approximate surface area is 125 Å². The fourth-order valence-electron chi connectivity index (χ4n) is 2.51. The smallest absolute Gasteiger partial charge is 0.223 e. The molecule has 0 bridgehead atoms. The summed E-state index contributed by atoms with van der Waals surface area (Å²) in [6.45, 7) is 1.06. The number of hydrogen-bond donors (Lipinski definition) is 1. The van der Waals surface area contributed by atoms with E-state index < -0.39 is 0 Å². The van der Waals surface area contributed by atoms with Crippen LogP contribution in [0.25, 0.3) is 0 Å². The standard InChI is InChI=1S/C16H22N2O3/c1-18-9-8-13(10-15(18)19)16(20)17-11-14(21-2)12-6-4-3-5-7-12/h3-7,13-14H,8-11H2,1-2H3,(H,17,20)/t13-,14-/m0/s1. The molecular weight excluding hydrogens is 268 g/mol. The lowest BCUT2D eigenvalue weighted by Crippen LogP contribution is -2.43. The first-order valence-electron chi connectivity index (χ1n) is 7.21. The van der Waals surface area contributed by atoms with Crippen molar-refractivity contribution >= 4 is 11.8 Å². The zero-order chi connectivity index (χ0) is 15.2. The lowest BCUT2D eigenvalue weighted by atomic mass is 9.95. The first kappa shape index (κ1) is 15.5. The minimum atomic E-state index is -0.220. The summed E-state index contributed by atoms with van der Waals surface area (Å²) in [4.78, 5) is 25.5. The van der Waals surface area contributed by atoms with Crippen molar-refractivity contribution in [1.82, 2.24) is 10.2 Å². The average Bonchev–Trinajstić information content (AvgIpc) is 2.51. The van der Waals surface area contributed by atoms with Crippen LogP contribution >= 0.6 is 0 Å². The molecule has 1 aliphatic rings. The van der Waals surface area contributed by atoms with Crippen molar-refractivity contribution in [2.24, 2.45) is 5.92 Å². The molecule has 1 fully saturated rings. The number of likely N-dealkylation sites (tertiary alicyclic amines) is 1. The van der Waals surface area contributed by atoms with Gasteiger partial charge in [-0.25, -0.2) is 0 Å². The fraction of sp³-hybridized carbons (Fsp3) is 0.500. The Balaban J connectivity index is 1.87. The predicted octanol–water partition coefficient (Wildman–Crippen LogP) is 1.36. The van der Waals surface area contributed by atoms with Crippen LogP contribution in [0.2, 0.25) is 0 Å². The van der Waals surface area contributed by atoms with Gasteiger partial charge in [0.2, 0.25) is 11.8 Å². The normalized spacial score (nSPS) is 20.2. The third-order valence-corrected chi connectivity index (χ3v) is 3.95. The molecule has 1 saturated heterocycles. The van der Waals surface area contributed by atoms with E-state index in [4.69, 9.17) is 4.74 Å². The number of nitrogens with zero attached hydrogens (tertiary/aromatic N) is 1. The van der Waals surface area contributed by atoms with Gasteiger partial charge >= 0.3 is 0 Å². The lowest BCUT2D eigenvalue weighted by molar-refractivity contribution is -0.139.